The Kier molecular flexibility index (Phi) is 7.17. The van der Waals surface area contributed by atoms with Gasteiger partial charge in [0.1, 0.15) is 12.3 Å². The SMILES string of the molecule is CCON=C(c1ccc(F)c(F)c1)c1ccc(CN2CCC(c3ccncc3)CC2)cn1. The fourth-order valence-electron chi connectivity index (χ4n) is 4.00. The highest BCUT2D eigenvalue weighted by atomic mass is 19.2. The van der Waals surface area contributed by atoms with Crippen LogP contribution in [0.5, 0.6) is 0 Å². The third-order valence-electron chi connectivity index (χ3n) is 5.72. The minimum absolute atomic E-state index is 0.362. The van der Waals surface area contributed by atoms with E-state index < -0.39 is 11.6 Å². The number of hydrogen-bond donors (Lipinski definition) is 0. The molecule has 1 aliphatic rings. The Balaban J connectivity index is 1.42. The standard InChI is InChI=1S/C25H26F2N4O/c1-2-32-30-25(21-4-5-22(26)23(27)15-21)24-6-3-18(16-29-24)17-31-13-9-20(10-14-31)19-7-11-28-12-8-19/h3-8,11-12,15-16,20H,2,9-10,13-14,17H2,1H3. The molecule has 0 aliphatic carbocycles. The summed E-state index contributed by atoms with van der Waals surface area (Å²) in [5.41, 5.74) is 3.79. The van der Waals surface area contributed by atoms with Gasteiger partial charge in [-0.2, -0.15) is 0 Å². The topological polar surface area (TPSA) is 50.6 Å². The minimum Gasteiger partial charge on any atom is -0.396 e. The largest absolute Gasteiger partial charge is 0.396 e. The molecule has 0 radical (unpaired) electrons. The van der Waals surface area contributed by atoms with Gasteiger partial charge in [-0.15, -0.1) is 0 Å². The van der Waals surface area contributed by atoms with Crippen LogP contribution in [0.2, 0.25) is 0 Å². The summed E-state index contributed by atoms with van der Waals surface area (Å²) < 4.78 is 27.1. The fraction of sp³-hybridized carbons (Fsp3) is 0.320. The van der Waals surface area contributed by atoms with Gasteiger partial charge in [-0.05, 0) is 86.3 Å². The third-order valence-corrected chi connectivity index (χ3v) is 5.72. The fourth-order valence-corrected chi connectivity index (χ4v) is 4.00. The Hall–Kier alpha value is -3.19. The van der Waals surface area contributed by atoms with Gasteiger partial charge in [-0.1, -0.05) is 11.2 Å². The predicted octanol–water partition coefficient (Wildman–Crippen LogP) is 4.92. The maximum absolute atomic E-state index is 13.7. The molecule has 0 atom stereocenters. The number of oxime groups is 1. The van der Waals surface area contributed by atoms with Crippen molar-refractivity contribution in [3.05, 3.63) is 95.1 Å². The molecule has 7 heteroatoms. The predicted molar refractivity (Wildman–Crippen MR) is 119 cm³/mol. The zero-order valence-electron chi connectivity index (χ0n) is 18.0. The number of rotatable bonds is 7. The molecular weight excluding hydrogens is 410 g/mol. The zero-order chi connectivity index (χ0) is 22.3. The van der Waals surface area contributed by atoms with Crippen LogP contribution in [-0.4, -0.2) is 40.3 Å². The van der Waals surface area contributed by atoms with Gasteiger partial charge in [-0.3, -0.25) is 14.9 Å². The molecule has 32 heavy (non-hydrogen) atoms. The highest BCUT2D eigenvalue weighted by Crippen LogP contribution is 2.28. The van der Waals surface area contributed by atoms with Crippen LogP contribution in [0.15, 0.2) is 66.2 Å². The van der Waals surface area contributed by atoms with E-state index in [2.05, 4.69) is 32.2 Å². The second kappa shape index (κ2) is 10.4. The summed E-state index contributed by atoms with van der Waals surface area (Å²) in [5, 5.41) is 4.09. The number of halogens is 2. The second-order valence-electron chi connectivity index (χ2n) is 7.87. The maximum Gasteiger partial charge on any atom is 0.159 e. The number of piperidine rings is 1. The quantitative estimate of drug-likeness (QED) is 0.390. The molecule has 3 heterocycles. The molecule has 4 rings (SSSR count). The van der Waals surface area contributed by atoms with E-state index >= 15 is 0 Å². The van der Waals surface area contributed by atoms with Crippen molar-refractivity contribution in [2.75, 3.05) is 19.7 Å². The van der Waals surface area contributed by atoms with Crippen molar-refractivity contribution < 1.29 is 13.6 Å². The summed E-state index contributed by atoms with van der Waals surface area (Å²) in [7, 11) is 0. The van der Waals surface area contributed by atoms with E-state index in [1.54, 1.807) is 6.92 Å². The number of nitrogens with zero attached hydrogens (tertiary/aromatic N) is 4. The Bertz CT molecular complexity index is 1050. The van der Waals surface area contributed by atoms with Gasteiger partial charge in [0.15, 0.2) is 11.6 Å². The van der Waals surface area contributed by atoms with Gasteiger partial charge >= 0.3 is 0 Å². The number of benzene rings is 1. The summed E-state index contributed by atoms with van der Waals surface area (Å²) in [6, 6.07) is 11.7. The molecule has 0 amide bonds. The summed E-state index contributed by atoms with van der Waals surface area (Å²) in [6.07, 6.45) is 7.77. The highest BCUT2D eigenvalue weighted by molar-refractivity contribution is 6.11. The average molecular weight is 437 g/mol. The molecule has 1 aromatic carbocycles. The van der Waals surface area contributed by atoms with Gasteiger partial charge in [0.25, 0.3) is 0 Å². The van der Waals surface area contributed by atoms with Crippen LogP contribution < -0.4 is 0 Å². The third kappa shape index (κ3) is 5.34. The molecule has 0 bridgehead atoms. The highest BCUT2D eigenvalue weighted by Gasteiger charge is 2.21. The minimum atomic E-state index is -0.932. The summed E-state index contributed by atoms with van der Waals surface area (Å²) >= 11 is 0. The summed E-state index contributed by atoms with van der Waals surface area (Å²) in [6.45, 7) is 5.04. The molecule has 0 N–H and O–H groups in total. The number of hydrogen-bond acceptors (Lipinski definition) is 5. The molecule has 0 spiro atoms. The van der Waals surface area contributed by atoms with Crippen molar-refractivity contribution in [1.82, 2.24) is 14.9 Å². The van der Waals surface area contributed by atoms with Gasteiger partial charge < -0.3 is 4.84 Å². The van der Waals surface area contributed by atoms with E-state index in [9.17, 15) is 8.78 Å². The van der Waals surface area contributed by atoms with Gasteiger partial charge in [-0.25, -0.2) is 8.78 Å². The van der Waals surface area contributed by atoms with Gasteiger partial charge in [0, 0.05) is 30.7 Å². The van der Waals surface area contributed by atoms with E-state index in [0.29, 0.717) is 29.5 Å². The van der Waals surface area contributed by atoms with Crippen molar-refractivity contribution in [2.45, 2.75) is 32.2 Å². The van der Waals surface area contributed by atoms with E-state index in [1.807, 2.05) is 30.7 Å². The number of likely N-dealkylation sites (tertiary alicyclic amines) is 1. The van der Waals surface area contributed by atoms with Crippen molar-refractivity contribution >= 4 is 5.71 Å². The number of aromatic nitrogens is 2. The van der Waals surface area contributed by atoms with E-state index in [1.165, 1.54) is 11.6 Å². The van der Waals surface area contributed by atoms with Crippen LogP contribution in [0.3, 0.4) is 0 Å². The summed E-state index contributed by atoms with van der Waals surface area (Å²) in [5.74, 6) is -1.25. The molecule has 3 aromatic rings. The van der Waals surface area contributed by atoms with Gasteiger partial charge in [0.2, 0.25) is 0 Å². The molecule has 5 nitrogen and oxygen atoms in total. The van der Waals surface area contributed by atoms with E-state index in [-0.39, 0.29) is 0 Å². The normalized spacial score (nSPS) is 15.7. The summed E-state index contributed by atoms with van der Waals surface area (Å²) in [4.78, 5) is 16.3. The van der Waals surface area contributed by atoms with Crippen molar-refractivity contribution in [3.8, 4) is 0 Å². The Morgan fingerprint density at radius 2 is 1.84 bits per heavy atom. The van der Waals surface area contributed by atoms with Crippen molar-refractivity contribution in [1.29, 1.82) is 0 Å². The monoisotopic (exact) mass is 436 g/mol. The Labute approximate surface area is 186 Å². The first-order valence-electron chi connectivity index (χ1n) is 10.9. The van der Waals surface area contributed by atoms with Crippen molar-refractivity contribution in [2.24, 2.45) is 5.16 Å². The van der Waals surface area contributed by atoms with Crippen LogP contribution >= 0.6 is 0 Å². The van der Waals surface area contributed by atoms with E-state index in [0.717, 1.165) is 50.2 Å². The van der Waals surface area contributed by atoms with E-state index in [4.69, 9.17) is 4.84 Å². The number of pyridine rings is 2. The molecule has 1 saturated heterocycles. The molecule has 166 valence electrons. The van der Waals surface area contributed by atoms with Crippen molar-refractivity contribution in [3.63, 3.8) is 0 Å². The van der Waals surface area contributed by atoms with Crippen LogP contribution in [-0.2, 0) is 11.4 Å². The van der Waals surface area contributed by atoms with Crippen LogP contribution in [0.4, 0.5) is 8.78 Å². The Morgan fingerprint density at radius 1 is 1.06 bits per heavy atom. The maximum atomic E-state index is 13.7. The first-order valence-corrected chi connectivity index (χ1v) is 10.9. The first kappa shape index (κ1) is 22.0. The molecule has 0 saturated carbocycles. The smallest absolute Gasteiger partial charge is 0.159 e. The second-order valence-corrected chi connectivity index (χ2v) is 7.87. The lowest BCUT2D eigenvalue weighted by molar-refractivity contribution is 0.159. The molecule has 1 aliphatic heterocycles. The average Bonchev–Trinajstić information content (AvgIpc) is 2.83. The lowest BCUT2D eigenvalue weighted by Gasteiger charge is -2.32. The Morgan fingerprint density at radius 3 is 2.50 bits per heavy atom. The zero-order valence-corrected chi connectivity index (χ0v) is 18.0. The lowest BCUT2D eigenvalue weighted by Crippen LogP contribution is -2.32. The molecule has 0 unspecified atom stereocenters. The van der Waals surface area contributed by atoms with Crippen LogP contribution in [0.1, 0.15) is 48.1 Å². The van der Waals surface area contributed by atoms with Crippen LogP contribution in [0, 0.1) is 11.6 Å². The first-order chi connectivity index (χ1) is 15.6. The molecule has 1 fully saturated rings. The molecule has 2 aromatic heterocycles. The van der Waals surface area contributed by atoms with Gasteiger partial charge in [0.05, 0.1) is 5.69 Å². The lowest BCUT2D eigenvalue weighted by atomic mass is 9.90. The van der Waals surface area contributed by atoms with Crippen LogP contribution in [0.25, 0.3) is 0 Å². The molecular formula is C25H26F2N4O.